The fraction of sp³-hybridized carbons (Fsp3) is 0.375. The minimum atomic E-state index is -0.674. The molecule has 2 aliphatic rings. The highest BCUT2D eigenvalue weighted by molar-refractivity contribution is 6.30. The highest BCUT2D eigenvalue weighted by atomic mass is 35.5. The summed E-state index contributed by atoms with van der Waals surface area (Å²) in [6.07, 6.45) is 5.20. The lowest BCUT2D eigenvalue weighted by Crippen LogP contribution is -2.48. The summed E-state index contributed by atoms with van der Waals surface area (Å²) in [5, 5.41) is 3.46. The van der Waals surface area contributed by atoms with Crippen LogP contribution in [0, 0.1) is 0 Å². The third-order valence-corrected chi connectivity index (χ3v) is 6.27. The van der Waals surface area contributed by atoms with E-state index in [-0.39, 0.29) is 6.03 Å². The lowest BCUT2D eigenvalue weighted by atomic mass is 9.88. The number of urea groups is 1. The molecule has 6 nitrogen and oxygen atoms in total. The van der Waals surface area contributed by atoms with Crippen molar-refractivity contribution in [2.45, 2.75) is 38.6 Å². The summed E-state index contributed by atoms with van der Waals surface area (Å²) in [4.78, 5) is 30.7. The van der Waals surface area contributed by atoms with E-state index in [1.807, 2.05) is 18.3 Å². The maximum Gasteiger partial charge on any atom is 0.328 e. The van der Waals surface area contributed by atoms with Crippen molar-refractivity contribution in [1.29, 1.82) is 0 Å². The molecule has 0 radical (unpaired) electrons. The molecule has 162 valence electrons. The number of aromatic nitrogens is 1. The minimum Gasteiger partial charge on any atom is -0.467 e. The van der Waals surface area contributed by atoms with E-state index in [1.54, 1.807) is 11.8 Å². The van der Waals surface area contributed by atoms with Crippen LogP contribution in [0.5, 0.6) is 0 Å². The van der Waals surface area contributed by atoms with Gasteiger partial charge in [0.15, 0.2) is 0 Å². The molecule has 1 aliphatic carbocycles. The molecule has 4 rings (SSSR count). The van der Waals surface area contributed by atoms with Crippen LogP contribution in [0.3, 0.4) is 0 Å². The Morgan fingerprint density at radius 3 is 2.61 bits per heavy atom. The van der Waals surface area contributed by atoms with Crippen LogP contribution in [-0.4, -0.2) is 48.1 Å². The van der Waals surface area contributed by atoms with Crippen LogP contribution in [-0.2, 0) is 22.4 Å². The van der Waals surface area contributed by atoms with E-state index in [0.717, 1.165) is 36.4 Å². The molecular formula is C24H26ClN3O3. The maximum atomic E-state index is 12.6. The zero-order chi connectivity index (χ0) is 22.0. The normalized spacial score (nSPS) is 16.7. The van der Waals surface area contributed by atoms with Crippen molar-refractivity contribution in [3.8, 4) is 0 Å². The number of halogens is 1. The summed E-state index contributed by atoms with van der Waals surface area (Å²) in [5.41, 5.74) is 7.19. The average molecular weight is 440 g/mol. The van der Waals surface area contributed by atoms with Crippen molar-refractivity contribution in [2.24, 2.45) is 0 Å². The molecule has 2 amide bonds. The molecule has 1 N–H and O–H groups in total. The van der Waals surface area contributed by atoms with Gasteiger partial charge in [0.05, 0.1) is 12.8 Å². The van der Waals surface area contributed by atoms with E-state index in [4.69, 9.17) is 16.6 Å². The number of rotatable bonds is 2. The second-order valence-electron chi connectivity index (χ2n) is 7.97. The fourth-order valence-electron chi connectivity index (χ4n) is 4.38. The number of ether oxygens (including phenoxy) is 1. The Kier molecular flexibility index (Phi) is 6.28. The molecule has 1 atom stereocenters. The Hall–Kier alpha value is -2.86. The fourth-order valence-corrected chi connectivity index (χ4v) is 4.57. The van der Waals surface area contributed by atoms with Crippen LogP contribution in [0.25, 0.3) is 5.57 Å². The molecule has 7 heteroatoms. The van der Waals surface area contributed by atoms with Crippen molar-refractivity contribution >= 4 is 29.2 Å². The molecular weight excluding hydrogens is 414 g/mol. The van der Waals surface area contributed by atoms with Crippen LogP contribution in [0.2, 0.25) is 5.02 Å². The first kappa shape index (κ1) is 21.4. The number of methoxy groups -OCH3 is 1. The third kappa shape index (κ3) is 4.44. The number of hydrogen-bond donors (Lipinski definition) is 1. The van der Waals surface area contributed by atoms with Crippen molar-refractivity contribution in [2.75, 3.05) is 20.2 Å². The van der Waals surface area contributed by atoms with Gasteiger partial charge in [0.25, 0.3) is 0 Å². The first-order valence-electron chi connectivity index (χ1n) is 10.6. The van der Waals surface area contributed by atoms with E-state index in [9.17, 15) is 9.59 Å². The summed E-state index contributed by atoms with van der Waals surface area (Å²) in [7, 11) is 1.31. The Labute approximate surface area is 187 Å². The summed E-state index contributed by atoms with van der Waals surface area (Å²) >= 11 is 6.29. The standard InChI is InChI=1S/C24H26ClN3O3/c1-15(23(29)31-2)27-24(30)28-12-9-16(10-13-28)21-20-8-7-19(25)14-18(20)6-5-17-4-3-11-26-22(17)21/h3-4,7-8,11,14-15H,5-6,9-10,12-13H2,1-2H3,(H,27,30)/t15-/m1/s1. The zero-order valence-electron chi connectivity index (χ0n) is 17.8. The van der Waals surface area contributed by atoms with Gasteiger partial charge in [0.1, 0.15) is 6.04 Å². The smallest absolute Gasteiger partial charge is 0.328 e. The van der Waals surface area contributed by atoms with Gasteiger partial charge in [0, 0.05) is 29.9 Å². The summed E-state index contributed by atoms with van der Waals surface area (Å²) < 4.78 is 4.69. The van der Waals surface area contributed by atoms with Crippen LogP contribution in [0.1, 0.15) is 42.1 Å². The van der Waals surface area contributed by atoms with E-state index < -0.39 is 12.0 Å². The van der Waals surface area contributed by atoms with Crippen LogP contribution < -0.4 is 5.32 Å². The Morgan fingerprint density at radius 2 is 1.87 bits per heavy atom. The Balaban J connectivity index is 1.62. The Bertz CT molecular complexity index is 1040. The molecule has 1 saturated heterocycles. The molecule has 1 aromatic heterocycles. The zero-order valence-corrected chi connectivity index (χ0v) is 18.5. The molecule has 1 fully saturated rings. The van der Waals surface area contributed by atoms with Crippen molar-refractivity contribution in [3.63, 3.8) is 0 Å². The number of fused-ring (bicyclic) bond motifs is 2. The number of pyridine rings is 1. The van der Waals surface area contributed by atoms with Crippen LogP contribution >= 0.6 is 11.6 Å². The third-order valence-electron chi connectivity index (χ3n) is 6.03. The lowest BCUT2D eigenvalue weighted by molar-refractivity contribution is -0.142. The van der Waals surface area contributed by atoms with Crippen LogP contribution in [0.15, 0.2) is 42.1 Å². The van der Waals surface area contributed by atoms with Crippen molar-refractivity contribution in [1.82, 2.24) is 15.2 Å². The number of carbonyl (C=O) groups excluding carboxylic acids is 2. The highest BCUT2D eigenvalue weighted by Crippen LogP contribution is 2.38. The van der Waals surface area contributed by atoms with Crippen molar-refractivity contribution in [3.05, 3.63) is 69.5 Å². The SMILES string of the molecule is COC(=O)[C@@H](C)NC(=O)N1CCC(=C2c3ccc(Cl)cc3CCc3cccnc32)CC1. The number of nitrogens with one attached hydrogen (secondary N) is 1. The molecule has 1 aromatic carbocycles. The Morgan fingerprint density at radius 1 is 1.13 bits per heavy atom. The summed E-state index contributed by atoms with van der Waals surface area (Å²) in [6.45, 7) is 2.80. The molecule has 0 unspecified atom stereocenters. The second-order valence-corrected chi connectivity index (χ2v) is 8.41. The predicted octanol–water partition coefficient (Wildman–Crippen LogP) is 4.00. The average Bonchev–Trinajstić information content (AvgIpc) is 2.95. The number of likely N-dealkylation sites (tertiary alicyclic amines) is 1. The predicted molar refractivity (Wildman–Crippen MR) is 120 cm³/mol. The summed E-state index contributed by atoms with van der Waals surface area (Å²) in [5.74, 6) is -0.454. The number of aryl methyl sites for hydroxylation is 2. The molecule has 31 heavy (non-hydrogen) atoms. The number of nitrogens with zero attached hydrogens (tertiary/aromatic N) is 2. The van der Waals surface area contributed by atoms with Gasteiger partial charge in [-0.25, -0.2) is 9.59 Å². The lowest BCUT2D eigenvalue weighted by Gasteiger charge is -2.31. The molecule has 0 bridgehead atoms. The topological polar surface area (TPSA) is 71.5 Å². The largest absolute Gasteiger partial charge is 0.467 e. The van der Waals surface area contributed by atoms with Crippen LogP contribution in [0.4, 0.5) is 4.79 Å². The van der Waals surface area contributed by atoms with Gasteiger partial charge in [-0.1, -0.05) is 29.3 Å². The van der Waals surface area contributed by atoms with Crippen molar-refractivity contribution < 1.29 is 14.3 Å². The van der Waals surface area contributed by atoms with E-state index in [1.165, 1.54) is 34.9 Å². The van der Waals surface area contributed by atoms with Gasteiger partial charge in [0.2, 0.25) is 0 Å². The van der Waals surface area contributed by atoms with Gasteiger partial charge in [-0.15, -0.1) is 0 Å². The summed E-state index contributed by atoms with van der Waals surface area (Å²) in [6, 6.07) is 9.31. The van der Waals surface area contributed by atoms with Gasteiger partial charge >= 0.3 is 12.0 Å². The molecule has 1 aliphatic heterocycles. The highest BCUT2D eigenvalue weighted by Gasteiger charge is 2.27. The van der Waals surface area contributed by atoms with E-state index in [2.05, 4.69) is 28.3 Å². The number of hydrogen-bond acceptors (Lipinski definition) is 4. The second kappa shape index (κ2) is 9.10. The number of amides is 2. The molecule has 2 heterocycles. The van der Waals surface area contributed by atoms with Gasteiger partial charge < -0.3 is 15.0 Å². The van der Waals surface area contributed by atoms with Gasteiger partial charge in [-0.2, -0.15) is 0 Å². The van der Waals surface area contributed by atoms with E-state index >= 15 is 0 Å². The number of piperidine rings is 1. The van der Waals surface area contributed by atoms with E-state index in [0.29, 0.717) is 13.1 Å². The monoisotopic (exact) mass is 439 g/mol. The molecule has 0 spiro atoms. The maximum absolute atomic E-state index is 12.6. The molecule has 0 saturated carbocycles. The minimum absolute atomic E-state index is 0.242. The first-order valence-corrected chi connectivity index (χ1v) is 10.9. The first-order chi connectivity index (χ1) is 15.0. The van der Waals surface area contributed by atoms with Gasteiger partial charge in [-0.3, -0.25) is 4.98 Å². The quantitative estimate of drug-likeness (QED) is 0.718. The number of benzene rings is 1. The number of carbonyl (C=O) groups is 2. The molecule has 2 aromatic rings. The van der Waals surface area contributed by atoms with Gasteiger partial charge in [-0.05, 0) is 67.5 Å². The number of esters is 1.